The predicted molar refractivity (Wildman–Crippen MR) is 64.5 cm³/mol. The molecule has 3 N–H and O–H groups in total. The van der Waals surface area contributed by atoms with Gasteiger partial charge in [-0.25, -0.2) is 9.59 Å². The Bertz CT molecular complexity index is 633. The van der Waals surface area contributed by atoms with Gasteiger partial charge in [0.2, 0.25) is 0 Å². The van der Waals surface area contributed by atoms with Gasteiger partial charge in [-0.05, 0) is 5.21 Å². The number of anilines is 1. The minimum absolute atomic E-state index is 0.0275. The molecule has 2 rings (SSSR count). The molecule has 0 fully saturated rings. The van der Waals surface area contributed by atoms with Crippen molar-refractivity contribution >= 4 is 17.9 Å². The van der Waals surface area contributed by atoms with Crippen LogP contribution in [0, 0.1) is 0 Å². The fraction of sp³-hybridized carbons (Fsp3) is 0.333. The summed E-state index contributed by atoms with van der Waals surface area (Å²) in [6, 6.07) is -1.98. The van der Waals surface area contributed by atoms with Gasteiger partial charge in [0.25, 0.3) is 5.95 Å². The lowest BCUT2D eigenvalue weighted by molar-refractivity contribution is -0.139. The van der Waals surface area contributed by atoms with Crippen LogP contribution in [0.3, 0.4) is 0 Å². The zero-order chi connectivity index (χ0) is 14.7. The van der Waals surface area contributed by atoms with Crippen molar-refractivity contribution in [3.63, 3.8) is 0 Å². The largest absolute Gasteiger partial charge is 0.479 e. The molecule has 0 aliphatic rings. The third-order valence-electron chi connectivity index (χ3n) is 2.31. The quantitative estimate of drug-likeness (QED) is 0.645. The van der Waals surface area contributed by atoms with Crippen molar-refractivity contribution < 1.29 is 14.7 Å². The number of nitrogens with zero attached hydrogens (tertiary/aromatic N) is 6. The highest BCUT2D eigenvalue weighted by molar-refractivity contribution is 5.91. The summed E-state index contributed by atoms with van der Waals surface area (Å²) >= 11 is 0. The Morgan fingerprint density at radius 1 is 1.40 bits per heavy atom. The molecule has 2 aromatic heterocycles. The van der Waals surface area contributed by atoms with E-state index in [1.807, 2.05) is 0 Å². The number of carboxylic acids is 1. The van der Waals surface area contributed by atoms with Crippen molar-refractivity contribution in [3.8, 4) is 0 Å². The Morgan fingerprint density at radius 2 is 2.15 bits per heavy atom. The lowest BCUT2D eigenvalue weighted by Crippen LogP contribution is -2.36. The lowest BCUT2D eigenvalue weighted by Gasteiger charge is -2.12. The van der Waals surface area contributed by atoms with Gasteiger partial charge in [0, 0.05) is 18.8 Å². The Balaban J connectivity index is 2.05. The van der Waals surface area contributed by atoms with E-state index >= 15 is 0 Å². The summed E-state index contributed by atoms with van der Waals surface area (Å²) in [4.78, 5) is 24.0. The fourth-order valence-electron chi connectivity index (χ4n) is 1.48. The maximum Gasteiger partial charge on any atom is 0.331 e. The number of amides is 2. The topological polar surface area (TPSA) is 140 Å². The monoisotopic (exact) mass is 280 g/mol. The molecule has 0 aromatic carbocycles. The molecule has 106 valence electrons. The van der Waals surface area contributed by atoms with E-state index in [9.17, 15) is 9.59 Å². The second-order valence-corrected chi connectivity index (χ2v) is 3.92. The number of hydrogen-bond donors (Lipinski definition) is 3. The van der Waals surface area contributed by atoms with Gasteiger partial charge >= 0.3 is 12.0 Å². The average molecular weight is 280 g/mol. The van der Waals surface area contributed by atoms with Crippen LogP contribution in [-0.4, -0.2) is 47.1 Å². The van der Waals surface area contributed by atoms with Crippen LogP contribution in [0.4, 0.5) is 10.7 Å². The summed E-state index contributed by atoms with van der Waals surface area (Å²) in [6.45, 7) is 0. The first-order valence-corrected chi connectivity index (χ1v) is 5.48. The number of aryl methyl sites for hydroxylation is 2. The molecule has 0 saturated heterocycles. The Hall–Kier alpha value is -2.98. The van der Waals surface area contributed by atoms with Gasteiger partial charge in [-0.1, -0.05) is 5.10 Å². The van der Waals surface area contributed by atoms with Crippen LogP contribution < -0.4 is 10.6 Å². The van der Waals surface area contributed by atoms with Crippen molar-refractivity contribution in [3.05, 3.63) is 18.0 Å². The number of nitrogens with one attached hydrogen (secondary N) is 2. The summed E-state index contributed by atoms with van der Waals surface area (Å²) in [6.07, 6.45) is 2.86. The molecule has 0 radical (unpaired) electrons. The molecule has 1 atom stereocenters. The molecular formula is C9H12N8O3. The summed E-state index contributed by atoms with van der Waals surface area (Å²) in [7, 11) is 3.18. The Labute approximate surface area is 112 Å². The number of carboxylic acid groups (broad SMARTS) is 1. The molecule has 0 aliphatic heterocycles. The third kappa shape index (κ3) is 3.07. The normalized spacial score (nSPS) is 11.9. The van der Waals surface area contributed by atoms with Crippen molar-refractivity contribution in [1.82, 2.24) is 35.3 Å². The molecule has 11 heteroatoms. The zero-order valence-corrected chi connectivity index (χ0v) is 10.7. The predicted octanol–water partition coefficient (Wildman–Crippen LogP) is -1.11. The molecule has 2 aromatic rings. The Kier molecular flexibility index (Phi) is 3.59. The van der Waals surface area contributed by atoms with Crippen LogP contribution in [0.5, 0.6) is 0 Å². The minimum atomic E-state index is -1.22. The number of urea groups is 1. The average Bonchev–Trinajstić information content (AvgIpc) is 2.95. The number of tetrazole rings is 1. The van der Waals surface area contributed by atoms with Gasteiger partial charge < -0.3 is 10.4 Å². The Morgan fingerprint density at radius 3 is 2.65 bits per heavy atom. The first-order valence-electron chi connectivity index (χ1n) is 5.48. The van der Waals surface area contributed by atoms with E-state index < -0.39 is 18.0 Å². The van der Waals surface area contributed by atoms with Crippen LogP contribution in [-0.2, 0) is 18.9 Å². The van der Waals surface area contributed by atoms with Gasteiger partial charge in [0.05, 0.1) is 13.2 Å². The summed E-state index contributed by atoms with van der Waals surface area (Å²) in [5.74, 6) is -1.24. The highest BCUT2D eigenvalue weighted by atomic mass is 16.4. The number of aliphatic carboxylic acids is 1. The lowest BCUT2D eigenvalue weighted by atomic mass is 10.2. The van der Waals surface area contributed by atoms with E-state index in [0.717, 1.165) is 4.80 Å². The maximum absolute atomic E-state index is 11.7. The van der Waals surface area contributed by atoms with Crippen LogP contribution in [0.15, 0.2) is 12.4 Å². The standard InChI is InChI=1S/C9H12N8O3/c1-16-4-5(3-10-16)6(7(18)19)11-9(20)12-8-13-15-17(2)14-8/h3-4,6H,1-2H3,(H,18,19)(H2,11,12,14,20). The summed E-state index contributed by atoms with van der Waals surface area (Å²) in [5, 5.41) is 28.4. The molecule has 0 bridgehead atoms. The number of hydrogen-bond acceptors (Lipinski definition) is 6. The number of aromatic nitrogens is 6. The van der Waals surface area contributed by atoms with Crippen molar-refractivity contribution in [2.75, 3.05) is 5.32 Å². The van der Waals surface area contributed by atoms with Crippen molar-refractivity contribution in [2.45, 2.75) is 6.04 Å². The molecule has 11 nitrogen and oxygen atoms in total. The van der Waals surface area contributed by atoms with Crippen molar-refractivity contribution in [1.29, 1.82) is 0 Å². The van der Waals surface area contributed by atoms with Gasteiger partial charge in [-0.3, -0.25) is 10.00 Å². The van der Waals surface area contributed by atoms with Crippen LogP contribution in [0.1, 0.15) is 11.6 Å². The zero-order valence-electron chi connectivity index (χ0n) is 10.7. The number of carbonyl (C=O) groups excluding carboxylic acids is 1. The molecule has 0 spiro atoms. The molecular weight excluding hydrogens is 268 g/mol. The minimum Gasteiger partial charge on any atom is -0.479 e. The number of carbonyl (C=O) groups is 2. The molecule has 0 aliphatic carbocycles. The van der Waals surface area contributed by atoms with Crippen LogP contribution >= 0.6 is 0 Å². The third-order valence-corrected chi connectivity index (χ3v) is 2.31. The van der Waals surface area contributed by atoms with E-state index in [4.69, 9.17) is 5.11 Å². The first-order chi connectivity index (χ1) is 9.45. The van der Waals surface area contributed by atoms with E-state index in [2.05, 4.69) is 31.1 Å². The molecule has 2 heterocycles. The van der Waals surface area contributed by atoms with Gasteiger partial charge in [0.15, 0.2) is 6.04 Å². The van der Waals surface area contributed by atoms with Crippen LogP contribution in [0.25, 0.3) is 0 Å². The second-order valence-electron chi connectivity index (χ2n) is 3.92. The summed E-state index contributed by atoms with van der Waals surface area (Å²) in [5.41, 5.74) is 0.349. The van der Waals surface area contributed by atoms with E-state index in [1.54, 1.807) is 7.05 Å². The first kappa shape index (κ1) is 13.5. The van der Waals surface area contributed by atoms with Crippen molar-refractivity contribution in [2.24, 2.45) is 14.1 Å². The second kappa shape index (κ2) is 5.34. The highest BCUT2D eigenvalue weighted by Crippen LogP contribution is 2.12. The molecule has 1 unspecified atom stereocenters. The van der Waals surface area contributed by atoms with Crippen LogP contribution in [0.2, 0.25) is 0 Å². The van der Waals surface area contributed by atoms with E-state index in [1.165, 1.54) is 24.1 Å². The highest BCUT2D eigenvalue weighted by Gasteiger charge is 2.23. The van der Waals surface area contributed by atoms with Gasteiger partial charge in [-0.15, -0.1) is 5.10 Å². The summed E-state index contributed by atoms with van der Waals surface area (Å²) < 4.78 is 1.44. The van der Waals surface area contributed by atoms with E-state index in [-0.39, 0.29) is 5.95 Å². The maximum atomic E-state index is 11.7. The van der Waals surface area contributed by atoms with Gasteiger partial charge in [0.1, 0.15) is 0 Å². The fourth-order valence-corrected chi connectivity index (χ4v) is 1.48. The SMILES string of the molecule is Cn1cc(C(NC(=O)Nc2nnn(C)n2)C(=O)O)cn1. The van der Waals surface area contributed by atoms with Gasteiger partial charge in [-0.2, -0.15) is 9.90 Å². The molecule has 20 heavy (non-hydrogen) atoms. The number of rotatable bonds is 4. The van der Waals surface area contributed by atoms with E-state index in [0.29, 0.717) is 5.56 Å². The molecule has 0 saturated carbocycles. The molecule has 2 amide bonds. The smallest absolute Gasteiger partial charge is 0.331 e.